The molecule has 104 valence electrons. The van der Waals surface area contributed by atoms with Gasteiger partial charge in [0.25, 0.3) is 0 Å². The average Bonchev–Trinajstić information content (AvgIpc) is 2.87. The summed E-state index contributed by atoms with van der Waals surface area (Å²) >= 11 is 7.43. The van der Waals surface area contributed by atoms with Crippen molar-refractivity contribution in [2.24, 2.45) is 5.73 Å². The lowest BCUT2D eigenvalue weighted by molar-refractivity contribution is 0.182. The highest BCUT2D eigenvalue weighted by Crippen LogP contribution is 2.30. The summed E-state index contributed by atoms with van der Waals surface area (Å²) in [5.74, 6) is 0. The largest absolute Gasteiger partial charge is 0.383 e. The van der Waals surface area contributed by atoms with E-state index in [1.54, 1.807) is 7.11 Å². The maximum Gasteiger partial charge on any atom is 0.129 e. The normalized spacial score (nSPS) is 12.8. The van der Waals surface area contributed by atoms with Crippen molar-refractivity contribution >= 4 is 40.0 Å². The number of hydrogen-bond acceptors (Lipinski definition) is 6. The lowest BCUT2D eigenvalue weighted by atomic mass is 10.1. The topological polar surface area (TPSA) is 73.1 Å². The van der Waals surface area contributed by atoms with E-state index >= 15 is 0 Å². The third kappa shape index (κ3) is 3.54. The summed E-state index contributed by atoms with van der Waals surface area (Å²) in [7, 11) is 1.68. The zero-order valence-corrected chi connectivity index (χ0v) is 12.3. The van der Waals surface area contributed by atoms with Crippen LogP contribution in [0.2, 0.25) is 5.02 Å². The van der Waals surface area contributed by atoms with E-state index in [1.165, 1.54) is 11.7 Å². The first-order valence-electron chi connectivity index (χ1n) is 6.12. The molecule has 0 saturated heterocycles. The Morgan fingerprint density at radius 1 is 1.47 bits per heavy atom. The second-order valence-electron chi connectivity index (χ2n) is 4.28. The van der Waals surface area contributed by atoms with Crippen LogP contribution in [-0.2, 0) is 4.74 Å². The Balaban J connectivity index is 2.21. The van der Waals surface area contributed by atoms with Crippen LogP contribution in [0.25, 0.3) is 11.0 Å². The molecule has 0 aliphatic rings. The monoisotopic (exact) mass is 300 g/mol. The second kappa shape index (κ2) is 7.00. The van der Waals surface area contributed by atoms with Crippen LogP contribution >= 0.6 is 23.3 Å². The van der Waals surface area contributed by atoms with Crippen molar-refractivity contribution in [3.63, 3.8) is 0 Å². The van der Waals surface area contributed by atoms with E-state index in [2.05, 4.69) is 14.1 Å². The highest BCUT2D eigenvalue weighted by Gasteiger charge is 2.14. The number of nitrogens with zero attached hydrogens (tertiary/aromatic N) is 2. The molecular formula is C12H17ClN4OS. The number of nitrogens with two attached hydrogens (primary N) is 1. The Morgan fingerprint density at radius 2 is 2.32 bits per heavy atom. The Bertz CT molecular complexity index is 533. The van der Waals surface area contributed by atoms with Crippen LogP contribution in [0.4, 0.5) is 5.69 Å². The summed E-state index contributed by atoms with van der Waals surface area (Å²) < 4.78 is 13.7. The molecule has 1 heterocycles. The number of halogens is 1. The molecule has 1 atom stereocenters. The number of ether oxygens (including phenoxy) is 1. The lowest BCUT2D eigenvalue weighted by Gasteiger charge is -2.19. The molecule has 5 nitrogen and oxygen atoms in total. The average molecular weight is 301 g/mol. The van der Waals surface area contributed by atoms with E-state index in [-0.39, 0.29) is 6.04 Å². The van der Waals surface area contributed by atoms with Gasteiger partial charge >= 0.3 is 0 Å². The van der Waals surface area contributed by atoms with Gasteiger partial charge < -0.3 is 15.8 Å². The van der Waals surface area contributed by atoms with E-state index in [4.69, 9.17) is 22.1 Å². The standard InChI is InChI=1S/C12H17ClN4OS/c1-18-7-8(3-2-6-14)15-11-9(13)4-5-10-12(11)17-19-16-10/h4-5,8,15H,2-3,6-7,14H2,1H3. The number of hydrogen-bond donors (Lipinski definition) is 2. The van der Waals surface area contributed by atoms with Crippen LogP contribution in [0.3, 0.4) is 0 Å². The van der Waals surface area contributed by atoms with Crippen LogP contribution in [0.15, 0.2) is 12.1 Å². The first kappa shape index (κ1) is 14.5. The SMILES string of the molecule is COCC(CCCN)Nc1c(Cl)ccc2nsnc12. The zero-order valence-electron chi connectivity index (χ0n) is 10.7. The van der Waals surface area contributed by atoms with E-state index in [9.17, 15) is 0 Å². The maximum atomic E-state index is 6.25. The summed E-state index contributed by atoms with van der Waals surface area (Å²) in [5, 5.41) is 4.05. The summed E-state index contributed by atoms with van der Waals surface area (Å²) in [6.07, 6.45) is 1.86. The van der Waals surface area contributed by atoms with Gasteiger partial charge in [0.1, 0.15) is 11.0 Å². The molecule has 0 aliphatic heterocycles. The van der Waals surface area contributed by atoms with Crippen molar-refractivity contribution in [3.05, 3.63) is 17.2 Å². The summed E-state index contributed by atoms with van der Waals surface area (Å²) in [6, 6.07) is 3.87. The first-order chi connectivity index (χ1) is 9.26. The molecule has 1 aromatic carbocycles. The van der Waals surface area contributed by atoms with Gasteiger partial charge in [-0.15, -0.1) is 0 Å². The minimum Gasteiger partial charge on any atom is -0.383 e. The van der Waals surface area contributed by atoms with Gasteiger partial charge in [-0.25, -0.2) is 0 Å². The number of methoxy groups -OCH3 is 1. The molecule has 0 radical (unpaired) electrons. The Kier molecular flexibility index (Phi) is 5.33. The highest BCUT2D eigenvalue weighted by atomic mass is 35.5. The quantitative estimate of drug-likeness (QED) is 0.822. The summed E-state index contributed by atoms with van der Waals surface area (Å²) in [6.45, 7) is 1.27. The summed E-state index contributed by atoms with van der Waals surface area (Å²) in [5.41, 5.74) is 8.05. The molecule has 1 unspecified atom stereocenters. The molecule has 2 aromatic rings. The number of aromatic nitrogens is 2. The van der Waals surface area contributed by atoms with Gasteiger partial charge in [-0.05, 0) is 31.5 Å². The molecule has 19 heavy (non-hydrogen) atoms. The van der Waals surface area contributed by atoms with E-state index in [0.717, 1.165) is 29.6 Å². The molecule has 3 N–H and O–H groups in total. The molecule has 7 heteroatoms. The molecule has 0 bridgehead atoms. The van der Waals surface area contributed by atoms with Gasteiger partial charge in [0.15, 0.2) is 0 Å². The molecule has 1 aromatic heterocycles. The van der Waals surface area contributed by atoms with Crippen molar-refractivity contribution in [2.45, 2.75) is 18.9 Å². The van der Waals surface area contributed by atoms with Crippen molar-refractivity contribution in [1.82, 2.24) is 8.75 Å². The molecule has 0 spiro atoms. The fourth-order valence-corrected chi connectivity index (χ4v) is 2.68. The minimum atomic E-state index is 0.165. The number of rotatable bonds is 7. The Hall–Kier alpha value is -0.950. The summed E-state index contributed by atoms with van der Waals surface area (Å²) in [4.78, 5) is 0. The van der Waals surface area contributed by atoms with Gasteiger partial charge in [0, 0.05) is 13.2 Å². The van der Waals surface area contributed by atoms with Crippen LogP contribution in [0, 0.1) is 0 Å². The van der Waals surface area contributed by atoms with Crippen molar-refractivity contribution < 1.29 is 4.74 Å². The first-order valence-corrected chi connectivity index (χ1v) is 7.23. The number of benzene rings is 1. The lowest BCUT2D eigenvalue weighted by Crippen LogP contribution is -2.26. The van der Waals surface area contributed by atoms with E-state index in [0.29, 0.717) is 18.2 Å². The van der Waals surface area contributed by atoms with Gasteiger partial charge in [-0.1, -0.05) is 11.6 Å². The van der Waals surface area contributed by atoms with Crippen LogP contribution in [0.5, 0.6) is 0 Å². The van der Waals surface area contributed by atoms with E-state index < -0.39 is 0 Å². The van der Waals surface area contributed by atoms with Crippen molar-refractivity contribution in [1.29, 1.82) is 0 Å². The smallest absolute Gasteiger partial charge is 0.129 e. The van der Waals surface area contributed by atoms with Crippen molar-refractivity contribution in [2.75, 3.05) is 25.6 Å². The zero-order chi connectivity index (χ0) is 13.7. The number of fused-ring (bicyclic) bond motifs is 1. The van der Waals surface area contributed by atoms with Crippen LogP contribution in [-0.4, -0.2) is 35.1 Å². The van der Waals surface area contributed by atoms with Gasteiger partial charge in [-0.2, -0.15) is 8.75 Å². The van der Waals surface area contributed by atoms with Crippen LogP contribution in [0.1, 0.15) is 12.8 Å². The third-order valence-electron chi connectivity index (χ3n) is 2.85. The van der Waals surface area contributed by atoms with Gasteiger partial charge in [0.2, 0.25) is 0 Å². The number of anilines is 1. The van der Waals surface area contributed by atoms with Gasteiger partial charge in [-0.3, -0.25) is 0 Å². The Morgan fingerprint density at radius 3 is 3.05 bits per heavy atom. The molecule has 2 rings (SSSR count). The third-order valence-corrected chi connectivity index (χ3v) is 3.71. The fraction of sp³-hybridized carbons (Fsp3) is 0.500. The fourth-order valence-electron chi connectivity index (χ4n) is 1.93. The molecule has 0 fully saturated rings. The highest BCUT2D eigenvalue weighted by molar-refractivity contribution is 7.00. The molecule has 0 amide bonds. The molecule has 0 aliphatic carbocycles. The minimum absolute atomic E-state index is 0.165. The van der Waals surface area contributed by atoms with Gasteiger partial charge in [0.05, 0.1) is 29.0 Å². The predicted molar refractivity (Wildman–Crippen MR) is 80.0 cm³/mol. The molecule has 0 saturated carbocycles. The predicted octanol–water partition coefficient (Wildman–Crippen LogP) is 2.51. The van der Waals surface area contributed by atoms with E-state index in [1.807, 2.05) is 12.1 Å². The Labute approximate surface area is 121 Å². The second-order valence-corrected chi connectivity index (χ2v) is 5.22. The number of nitrogens with one attached hydrogen (secondary N) is 1. The maximum absolute atomic E-state index is 6.25. The van der Waals surface area contributed by atoms with Crippen LogP contribution < -0.4 is 11.1 Å². The molecular weight excluding hydrogens is 284 g/mol. The van der Waals surface area contributed by atoms with Crippen molar-refractivity contribution in [3.8, 4) is 0 Å².